The summed E-state index contributed by atoms with van der Waals surface area (Å²) in [6, 6.07) is 4.52. The second-order valence-electron chi connectivity index (χ2n) is 4.16. The van der Waals surface area contributed by atoms with Gasteiger partial charge in [-0.15, -0.1) is 0 Å². The maximum Gasteiger partial charge on any atom is 0.164 e. The Morgan fingerprint density at radius 3 is 2.78 bits per heavy atom. The van der Waals surface area contributed by atoms with Crippen molar-refractivity contribution in [2.24, 2.45) is 0 Å². The van der Waals surface area contributed by atoms with E-state index >= 15 is 0 Å². The molecule has 0 spiro atoms. The number of benzene rings is 1. The van der Waals surface area contributed by atoms with Gasteiger partial charge in [-0.2, -0.15) is 0 Å². The zero-order valence-electron chi connectivity index (χ0n) is 10.8. The minimum absolute atomic E-state index is 0.0948. The number of hydrogen-bond acceptors (Lipinski definition) is 3. The van der Waals surface area contributed by atoms with E-state index in [1.807, 2.05) is 6.92 Å². The van der Waals surface area contributed by atoms with E-state index in [0.29, 0.717) is 25.4 Å². The lowest BCUT2D eigenvalue weighted by molar-refractivity contribution is 0.101. The molecule has 0 atom stereocenters. The Hall–Kier alpha value is -1.68. The first-order chi connectivity index (χ1) is 8.52. The predicted molar refractivity (Wildman–Crippen MR) is 70.5 cm³/mol. The lowest BCUT2D eigenvalue weighted by Gasteiger charge is -2.11. The Morgan fingerprint density at radius 2 is 2.17 bits per heavy atom. The highest BCUT2D eigenvalue weighted by atomic mass is 19.1. The molecule has 18 heavy (non-hydrogen) atoms. The van der Waals surface area contributed by atoms with Crippen LogP contribution in [0.25, 0.3) is 0 Å². The van der Waals surface area contributed by atoms with Crippen molar-refractivity contribution in [2.45, 2.75) is 13.8 Å². The van der Waals surface area contributed by atoms with E-state index in [0.717, 1.165) is 5.57 Å². The molecule has 1 aromatic rings. The fourth-order valence-corrected chi connectivity index (χ4v) is 1.53. The zero-order chi connectivity index (χ0) is 13.5. The van der Waals surface area contributed by atoms with E-state index in [1.165, 1.54) is 13.0 Å². The van der Waals surface area contributed by atoms with E-state index in [2.05, 4.69) is 11.9 Å². The van der Waals surface area contributed by atoms with Crippen molar-refractivity contribution in [3.63, 3.8) is 0 Å². The fraction of sp³-hybridized carbons (Fsp3) is 0.357. The molecule has 0 bridgehead atoms. The summed E-state index contributed by atoms with van der Waals surface area (Å²) in [6.07, 6.45) is 0. The van der Waals surface area contributed by atoms with E-state index in [9.17, 15) is 9.18 Å². The highest BCUT2D eigenvalue weighted by Crippen LogP contribution is 2.19. The maximum absolute atomic E-state index is 13.5. The van der Waals surface area contributed by atoms with Gasteiger partial charge in [-0.05, 0) is 26.0 Å². The molecule has 0 heterocycles. The number of Topliss-reactive ketones (excluding diaryl/α,β-unsaturated/α-hetero) is 1. The SMILES string of the molecule is C=C(C)COCCNc1cccc(F)c1C(C)=O. The van der Waals surface area contributed by atoms with Crippen molar-refractivity contribution in [2.75, 3.05) is 25.1 Å². The second-order valence-corrected chi connectivity index (χ2v) is 4.16. The Balaban J connectivity index is 2.54. The maximum atomic E-state index is 13.5. The van der Waals surface area contributed by atoms with E-state index in [-0.39, 0.29) is 11.3 Å². The smallest absolute Gasteiger partial charge is 0.164 e. The number of rotatable bonds is 7. The highest BCUT2D eigenvalue weighted by Gasteiger charge is 2.12. The molecule has 98 valence electrons. The van der Waals surface area contributed by atoms with Crippen molar-refractivity contribution in [3.8, 4) is 0 Å². The molecule has 0 aliphatic heterocycles. The van der Waals surface area contributed by atoms with E-state index in [1.54, 1.807) is 12.1 Å². The van der Waals surface area contributed by atoms with Crippen LogP contribution in [0.2, 0.25) is 0 Å². The van der Waals surface area contributed by atoms with Gasteiger partial charge in [-0.3, -0.25) is 4.79 Å². The van der Waals surface area contributed by atoms with E-state index < -0.39 is 5.82 Å². The van der Waals surface area contributed by atoms with Crippen LogP contribution in [0.5, 0.6) is 0 Å². The minimum Gasteiger partial charge on any atom is -0.382 e. The first-order valence-corrected chi connectivity index (χ1v) is 5.78. The molecular weight excluding hydrogens is 233 g/mol. The molecule has 4 heteroatoms. The van der Waals surface area contributed by atoms with Crippen LogP contribution in [0, 0.1) is 5.82 Å². The average Bonchev–Trinajstić information content (AvgIpc) is 2.27. The number of halogens is 1. The Labute approximate surface area is 107 Å². The summed E-state index contributed by atoms with van der Waals surface area (Å²) in [5.41, 5.74) is 1.55. The molecule has 1 rings (SSSR count). The number of ether oxygens (including phenoxy) is 1. The third kappa shape index (κ3) is 4.30. The van der Waals surface area contributed by atoms with Gasteiger partial charge in [-0.1, -0.05) is 18.2 Å². The van der Waals surface area contributed by atoms with Crippen LogP contribution in [0.1, 0.15) is 24.2 Å². The predicted octanol–water partition coefficient (Wildman–Crippen LogP) is 3.03. The van der Waals surface area contributed by atoms with Gasteiger partial charge in [0, 0.05) is 12.2 Å². The normalized spacial score (nSPS) is 10.2. The van der Waals surface area contributed by atoms with Gasteiger partial charge in [0.2, 0.25) is 0 Å². The summed E-state index contributed by atoms with van der Waals surface area (Å²) in [5, 5.41) is 2.99. The largest absolute Gasteiger partial charge is 0.382 e. The minimum atomic E-state index is -0.504. The molecule has 0 aromatic heterocycles. The molecule has 0 radical (unpaired) electrons. The fourth-order valence-electron chi connectivity index (χ4n) is 1.53. The molecule has 1 aromatic carbocycles. The topological polar surface area (TPSA) is 38.3 Å². The van der Waals surface area contributed by atoms with Crippen molar-refractivity contribution < 1.29 is 13.9 Å². The van der Waals surface area contributed by atoms with Crippen molar-refractivity contribution >= 4 is 11.5 Å². The summed E-state index contributed by atoms with van der Waals surface area (Å²) >= 11 is 0. The number of nitrogens with one attached hydrogen (secondary N) is 1. The molecule has 0 saturated heterocycles. The second kappa shape index (κ2) is 6.91. The molecule has 0 amide bonds. The van der Waals surface area contributed by atoms with Crippen LogP contribution in [0.3, 0.4) is 0 Å². The third-order valence-electron chi connectivity index (χ3n) is 2.28. The summed E-state index contributed by atoms with van der Waals surface area (Å²) in [7, 11) is 0. The standard InChI is InChI=1S/C14H18FNO2/c1-10(2)9-18-8-7-16-13-6-4-5-12(15)14(13)11(3)17/h4-6,16H,1,7-9H2,2-3H3. The number of carbonyl (C=O) groups excluding carboxylic acids is 1. The summed E-state index contributed by atoms with van der Waals surface area (Å²) in [5.74, 6) is -0.797. The summed E-state index contributed by atoms with van der Waals surface area (Å²) in [6.45, 7) is 8.44. The van der Waals surface area contributed by atoms with Gasteiger partial charge < -0.3 is 10.1 Å². The van der Waals surface area contributed by atoms with Crippen molar-refractivity contribution in [1.29, 1.82) is 0 Å². The van der Waals surface area contributed by atoms with Gasteiger partial charge in [0.15, 0.2) is 5.78 Å². The molecule has 0 fully saturated rings. The molecule has 0 aliphatic rings. The molecule has 0 saturated carbocycles. The van der Waals surface area contributed by atoms with E-state index in [4.69, 9.17) is 4.74 Å². The van der Waals surface area contributed by atoms with Gasteiger partial charge >= 0.3 is 0 Å². The lowest BCUT2D eigenvalue weighted by atomic mass is 10.1. The molecule has 1 N–H and O–H groups in total. The number of ketones is 1. The van der Waals surface area contributed by atoms with Gasteiger partial charge in [0.05, 0.1) is 18.8 Å². The zero-order valence-corrected chi connectivity index (χ0v) is 10.8. The first-order valence-electron chi connectivity index (χ1n) is 5.78. The van der Waals surface area contributed by atoms with Gasteiger partial charge in [0.25, 0.3) is 0 Å². The van der Waals surface area contributed by atoms with Gasteiger partial charge in [0.1, 0.15) is 5.82 Å². The summed E-state index contributed by atoms with van der Waals surface area (Å²) < 4.78 is 18.8. The van der Waals surface area contributed by atoms with Crippen molar-refractivity contribution in [1.82, 2.24) is 0 Å². The average molecular weight is 251 g/mol. The Morgan fingerprint density at radius 1 is 1.44 bits per heavy atom. The van der Waals surface area contributed by atoms with Crippen LogP contribution in [-0.4, -0.2) is 25.5 Å². The first kappa shape index (κ1) is 14.4. The molecule has 0 unspecified atom stereocenters. The lowest BCUT2D eigenvalue weighted by Crippen LogP contribution is -2.13. The van der Waals surface area contributed by atoms with Gasteiger partial charge in [-0.25, -0.2) is 4.39 Å². The Bertz CT molecular complexity index is 443. The number of hydrogen-bond donors (Lipinski definition) is 1. The molecule has 0 aliphatic carbocycles. The van der Waals surface area contributed by atoms with Crippen LogP contribution in [0.15, 0.2) is 30.4 Å². The Kier molecular flexibility index (Phi) is 5.52. The molecule has 3 nitrogen and oxygen atoms in total. The van der Waals surface area contributed by atoms with Crippen LogP contribution >= 0.6 is 0 Å². The monoisotopic (exact) mass is 251 g/mol. The number of anilines is 1. The van der Waals surface area contributed by atoms with Crippen LogP contribution in [0.4, 0.5) is 10.1 Å². The van der Waals surface area contributed by atoms with Crippen LogP contribution < -0.4 is 5.32 Å². The summed E-state index contributed by atoms with van der Waals surface area (Å²) in [4.78, 5) is 11.3. The van der Waals surface area contributed by atoms with Crippen LogP contribution in [-0.2, 0) is 4.74 Å². The quantitative estimate of drug-likeness (QED) is 0.460. The third-order valence-corrected chi connectivity index (χ3v) is 2.28. The number of carbonyl (C=O) groups is 1. The van der Waals surface area contributed by atoms with Crippen molar-refractivity contribution in [3.05, 3.63) is 41.7 Å². The highest BCUT2D eigenvalue weighted by molar-refractivity contribution is 5.99. The molecular formula is C14H18FNO2.